The molecule has 0 bridgehead atoms. The summed E-state index contributed by atoms with van der Waals surface area (Å²) >= 11 is 5.54. The van der Waals surface area contributed by atoms with E-state index in [0.717, 1.165) is 19.2 Å². The first-order valence-corrected chi connectivity index (χ1v) is 12.5. The van der Waals surface area contributed by atoms with E-state index in [1.54, 1.807) is 18.2 Å². The Balaban J connectivity index is 1.86. The van der Waals surface area contributed by atoms with Crippen LogP contribution < -0.4 is 10.0 Å². The van der Waals surface area contributed by atoms with E-state index in [1.165, 1.54) is 12.1 Å². The number of halogens is 2. The molecule has 0 spiro atoms. The van der Waals surface area contributed by atoms with Gasteiger partial charge in [-0.2, -0.15) is 4.72 Å². The van der Waals surface area contributed by atoms with E-state index < -0.39 is 22.0 Å². The highest BCUT2D eigenvalue weighted by Gasteiger charge is 2.26. The standard InChI is InChI=1S/C22H20BrIN2O3S/c1-15-13-18(9-12-20(15)23)25-22(27)21(14-16-5-3-2-4-6-16)26-30(28,29)19-10-7-17(24)8-11-19/h2-13,21,26H,14H2,1H3,(H,25,27)/t21-/m1/s1. The molecule has 30 heavy (non-hydrogen) atoms. The molecule has 5 nitrogen and oxygen atoms in total. The average Bonchev–Trinajstić information content (AvgIpc) is 2.71. The van der Waals surface area contributed by atoms with Gasteiger partial charge in [0.1, 0.15) is 6.04 Å². The van der Waals surface area contributed by atoms with E-state index in [0.29, 0.717) is 5.69 Å². The van der Waals surface area contributed by atoms with Crippen LogP contribution in [0.15, 0.2) is 82.2 Å². The fourth-order valence-electron chi connectivity index (χ4n) is 2.86. The average molecular weight is 599 g/mol. The van der Waals surface area contributed by atoms with Gasteiger partial charge in [0.2, 0.25) is 15.9 Å². The highest BCUT2D eigenvalue weighted by atomic mass is 127. The Morgan fingerprint density at radius 2 is 1.70 bits per heavy atom. The third kappa shape index (κ3) is 6.13. The number of carbonyl (C=O) groups is 1. The maximum Gasteiger partial charge on any atom is 0.242 e. The molecule has 0 aliphatic carbocycles. The molecule has 0 saturated heterocycles. The van der Waals surface area contributed by atoms with Crippen molar-refractivity contribution in [3.8, 4) is 0 Å². The van der Waals surface area contributed by atoms with Crippen LogP contribution in [-0.4, -0.2) is 20.4 Å². The van der Waals surface area contributed by atoms with Gasteiger partial charge in [-0.05, 0) is 89.5 Å². The van der Waals surface area contributed by atoms with E-state index in [2.05, 4.69) is 48.6 Å². The molecule has 0 aliphatic rings. The predicted molar refractivity (Wildman–Crippen MR) is 131 cm³/mol. The summed E-state index contributed by atoms with van der Waals surface area (Å²) in [5, 5.41) is 2.83. The summed E-state index contributed by atoms with van der Waals surface area (Å²) in [7, 11) is -3.87. The summed E-state index contributed by atoms with van der Waals surface area (Å²) in [5.41, 5.74) is 2.43. The predicted octanol–water partition coefficient (Wildman–Crippen LogP) is 4.89. The van der Waals surface area contributed by atoms with Crippen molar-refractivity contribution in [2.45, 2.75) is 24.3 Å². The van der Waals surface area contributed by atoms with E-state index >= 15 is 0 Å². The van der Waals surface area contributed by atoms with Gasteiger partial charge in [0.25, 0.3) is 0 Å². The van der Waals surface area contributed by atoms with Crippen molar-refractivity contribution < 1.29 is 13.2 Å². The SMILES string of the molecule is Cc1cc(NC(=O)[C@@H](Cc2ccccc2)NS(=O)(=O)c2ccc(I)cc2)ccc1Br. The Morgan fingerprint density at radius 1 is 1.03 bits per heavy atom. The van der Waals surface area contributed by atoms with Crippen molar-refractivity contribution in [1.82, 2.24) is 4.72 Å². The van der Waals surface area contributed by atoms with Crippen LogP contribution in [0.3, 0.4) is 0 Å². The number of anilines is 1. The summed E-state index contributed by atoms with van der Waals surface area (Å²) in [5.74, 6) is -0.422. The lowest BCUT2D eigenvalue weighted by molar-refractivity contribution is -0.117. The van der Waals surface area contributed by atoms with Gasteiger partial charge < -0.3 is 5.32 Å². The van der Waals surface area contributed by atoms with Gasteiger partial charge in [0.05, 0.1) is 4.90 Å². The molecule has 3 aromatic rings. The largest absolute Gasteiger partial charge is 0.325 e. The van der Waals surface area contributed by atoms with Crippen LogP contribution in [0.1, 0.15) is 11.1 Å². The highest BCUT2D eigenvalue weighted by Crippen LogP contribution is 2.21. The molecular weight excluding hydrogens is 579 g/mol. The molecule has 0 aromatic heterocycles. The van der Waals surface area contributed by atoms with E-state index in [1.807, 2.05) is 49.4 Å². The zero-order valence-electron chi connectivity index (χ0n) is 16.1. The molecule has 8 heteroatoms. The highest BCUT2D eigenvalue weighted by molar-refractivity contribution is 14.1. The number of hydrogen-bond donors (Lipinski definition) is 2. The van der Waals surface area contributed by atoms with Crippen LogP contribution >= 0.6 is 38.5 Å². The van der Waals surface area contributed by atoms with Gasteiger partial charge in [-0.1, -0.05) is 46.3 Å². The molecule has 0 heterocycles. The van der Waals surface area contributed by atoms with Crippen molar-refractivity contribution in [1.29, 1.82) is 0 Å². The van der Waals surface area contributed by atoms with Gasteiger partial charge >= 0.3 is 0 Å². The topological polar surface area (TPSA) is 75.3 Å². The van der Waals surface area contributed by atoms with Crippen LogP contribution in [0.4, 0.5) is 5.69 Å². The Morgan fingerprint density at radius 3 is 2.33 bits per heavy atom. The first-order chi connectivity index (χ1) is 14.2. The lowest BCUT2D eigenvalue weighted by atomic mass is 10.1. The lowest BCUT2D eigenvalue weighted by Gasteiger charge is -2.19. The minimum Gasteiger partial charge on any atom is -0.325 e. The van der Waals surface area contributed by atoms with E-state index in [4.69, 9.17) is 0 Å². The Hall–Kier alpha value is -1.75. The zero-order valence-corrected chi connectivity index (χ0v) is 20.7. The number of benzene rings is 3. The quantitative estimate of drug-likeness (QED) is 0.380. The second-order valence-corrected chi connectivity index (χ2v) is 10.6. The number of sulfonamides is 1. The zero-order chi connectivity index (χ0) is 21.7. The smallest absolute Gasteiger partial charge is 0.242 e. The van der Waals surface area contributed by atoms with Crippen molar-refractivity contribution in [3.05, 3.63) is 92.0 Å². The lowest BCUT2D eigenvalue weighted by Crippen LogP contribution is -2.45. The maximum atomic E-state index is 13.0. The van der Waals surface area contributed by atoms with Crippen LogP contribution in [0.2, 0.25) is 0 Å². The van der Waals surface area contributed by atoms with Crippen molar-refractivity contribution in [2.24, 2.45) is 0 Å². The van der Waals surface area contributed by atoms with E-state index in [-0.39, 0.29) is 11.3 Å². The number of rotatable bonds is 7. The van der Waals surface area contributed by atoms with Crippen LogP contribution in [-0.2, 0) is 21.2 Å². The first kappa shape index (κ1) is 22.9. The summed E-state index contributed by atoms with van der Waals surface area (Å²) < 4.78 is 30.2. The number of aryl methyl sites for hydroxylation is 1. The summed E-state index contributed by atoms with van der Waals surface area (Å²) in [6, 6.07) is 20.3. The van der Waals surface area contributed by atoms with Crippen LogP contribution in [0.25, 0.3) is 0 Å². The third-order valence-corrected chi connectivity index (χ3v) is 7.54. The molecule has 3 aromatic carbocycles. The van der Waals surface area contributed by atoms with Crippen LogP contribution in [0.5, 0.6) is 0 Å². The Bertz CT molecular complexity index is 1140. The number of hydrogen-bond acceptors (Lipinski definition) is 3. The second-order valence-electron chi connectivity index (χ2n) is 6.77. The van der Waals surface area contributed by atoms with Gasteiger partial charge in [-0.15, -0.1) is 0 Å². The Labute approximate surface area is 198 Å². The molecule has 1 atom stereocenters. The fourth-order valence-corrected chi connectivity index (χ4v) is 4.66. The number of amides is 1. The molecule has 0 radical (unpaired) electrons. The minimum absolute atomic E-state index is 0.119. The second kappa shape index (κ2) is 10.0. The minimum atomic E-state index is -3.87. The molecule has 2 N–H and O–H groups in total. The number of nitrogens with one attached hydrogen (secondary N) is 2. The van der Waals surface area contributed by atoms with Crippen LogP contribution in [0, 0.1) is 10.5 Å². The van der Waals surface area contributed by atoms with Gasteiger partial charge in [0, 0.05) is 13.7 Å². The summed E-state index contributed by atoms with van der Waals surface area (Å²) in [6.45, 7) is 1.92. The van der Waals surface area contributed by atoms with Gasteiger partial charge in [-0.25, -0.2) is 8.42 Å². The molecule has 0 fully saturated rings. The third-order valence-electron chi connectivity index (χ3n) is 4.45. The molecule has 1 amide bonds. The maximum absolute atomic E-state index is 13.0. The normalized spacial score (nSPS) is 12.4. The summed E-state index contributed by atoms with van der Waals surface area (Å²) in [4.78, 5) is 13.1. The number of carbonyl (C=O) groups excluding carboxylic acids is 1. The Kier molecular flexibility index (Phi) is 7.67. The monoisotopic (exact) mass is 598 g/mol. The first-order valence-electron chi connectivity index (χ1n) is 9.13. The van der Waals surface area contributed by atoms with Crippen molar-refractivity contribution in [3.63, 3.8) is 0 Å². The molecule has 0 saturated carbocycles. The van der Waals surface area contributed by atoms with Crippen molar-refractivity contribution >= 4 is 60.1 Å². The van der Waals surface area contributed by atoms with Crippen molar-refractivity contribution in [2.75, 3.05) is 5.32 Å². The molecular formula is C22H20BrIN2O3S. The molecule has 3 rings (SSSR count). The molecule has 156 valence electrons. The van der Waals surface area contributed by atoms with Gasteiger partial charge in [0.15, 0.2) is 0 Å². The summed E-state index contributed by atoms with van der Waals surface area (Å²) in [6.07, 6.45) is 0.228. The van der Waals surface area contributed by atoms with Gasteiger partial charge in [-0.3, -0.25) is 4.79 Å². The molecule has 0 unspecified atom stereocenters. The van der Waals surface area contributed by atoms with E-state index in [9.17, 15) is 13.2 Å². The molecule has 0 aliphatic heterocycles. The fraction of sp³-hybridized carbons (Fsp3) is 0.136.